The van der Waals surface area contributed by atoms with Crippen LogP contribution in [-0.2, 0) is 16.0 Å². The highest BCUT2D eigenvalue weighted by Gasteiger charge is 2.16. The minimum atomic E-state index is -1.19. The van der Waals surface area contributed by atoms with Gasteiger partial charge in [0.2, 0.25) is 0 Å². The highest BCUT2D eigenvalue weighted by Crippen LogP contribution is 2.03. The van der Waals surface area contributed by atoms with Gasteiger partial charge in [0.15, 0.2) is 0 Å². The second-order valence-electron chi connectivity index (χ2n) is 4.92. The summed E-state index contributed by atoms with van der Waals surface area (Å²) in [6.07, 6.45) is 2.31. The van der Waals surface area contributed by atoms with Gasteiger partial charge in [-0.25, -0.2) is 0 Å². The normalized spacial score (nSPS) is 12.7. The molecule has 0 amide bonds. The number of aliphatic carboxylic acids is 2. The van der Waals surface area contributed by atoms with Crippen LogP contribution in [0.3, 0.4) is 0 Å². The summed E-state index contributed by atoms with van der Waals surface area (Å²) in [4.78, 5) is 20.6. The van der Waals surface area contributed by atoms with E-state index in [2.05, 4.69) is 0 Å². The third kappa shape index (κ3) is 10.3. The van der Waals surface area contributed by atoms with Gasteiger partial charge in [-0.1, -0.05) is 36.8 Å². The van der Waals surface area contributed by atoms with Gasteiger partial charge in [0.1, 0.15) is 12.1 Å². The van der Waals surface area contributed by atoms with Crippen LogP contribution in [0, 0.1) is 0 Å². The monoisotopic (exact) mass is 329 g/mol. The lowest BCUT2D eigenvalue weighted by atomic mass is 10.1. The van der Waals surface area contributed by atoms with Gasteiger partial charge in [0, 0.05) is 6.42 Å². The van der Waals surface area contributed by atoms with Gasteiger partial charge < -0.3 is 21.7 Å². The summed E-state index contributed by atoms with van der Waals surface area (Å²) < 4.78 is 12.0. The van der Waals surface area contributed by atoms with Crippen molar-refractivity contribution >= 4 is 11.9 Å². The molecule has 7 nitrogen and oxygen atoms in total. The average molecular weight is 329 g/mol. The first-order valence-corrected chi connectivity index (χ1v) is 7.23. The molecule has 0 aromatic heterocycles. The third-order valence-corrected chi connectivity index (χ3v) is 3.00. The summed E-state index contributed by atoms with van der Waals surface area (Å²) in [7, 11) is 0. The van der Waals surface area contributed by atoms with Crippen LogP contribution in [0.25, 0.3) is 0 Å². The molecule has 23 heavy (non-hydrogen) atoms. The van der Waals surface area contributed by atoms with Crippen molar-refractivity contribution in [2.45, 2.75) is 37.8 Å². The molecule has 0 bridgehead atoms. The molecule has 7 N–H and O–H groups in total. The topological polar surface area (TPSA) is 139 Å². The van der Waals surface area contributed by atoms with Gasteiger partial charge >= 0.3 is 11.9 Å². The molecular formula is C15H24FN3O4. The molecule has 0 fully saturated rings. The molecule has 0 aliphatic rings. The van der Waals surface area contributed by atoms with E-state index in [0.717, 1.165) is 18.4 Å². The van der Waals surface area contributed by atoms with Gasteiger partial charge in [-0.3, -0.25) is 9.59 Å². The Morgan fingerprint density at radius 1 is 1.13 bits per heavy atom. The summed E-state index contributed by atoms with van der Waals surface area (Å²) in [5, 5.41) is 16.9. The minimum Gasteiger partial charge on any atom is -0.480 e. The maximum atomic E-state index is 12.0. The molecule has 2 atom stereocenters. The molecule has 1 aromatic rings. The largest absolute Gasteiger partial charge is 0.480 e. The molecule has 0 spiro atoms. The van der Waals surface area contributed by atoms with Gasteiger partial charge in [0.25, 0.3) is 0 Å². The van der Waals surface area contributed by atoms with Crippen LogP contribution < -0.4 is 17.0 Å². The lowest BCUT2D eigenvalue weighted by Gasteiger charge is -2.07. The Labute approximate surface area is 134 Å². The highest BCUT2D eigenvalue weighted by atomic mass is 19.2. The molecule has 0 aliphatic heterocycles. The van der Waals surface area contributed by atoms with E-state index in [9.17, 15) is 14.1 Å². The number of nitrogens with one attached hydrogen (secondary N) is 1. The SMILES string of the molecule is NCCCCC(N)C(=O)O.O=C(O)C(Cc1ccccc1)NF. The van der Waals surface area contributed by atoms with E-state index >= 15 is 0 Å². The molecule has 1 rings (SSSR count). The zero-order chi connectivity index (χ0) is 17.7. The zero-order valence-electron chi connectivity index (χ0n) is 12.8. The van der Waals surface area contributed by atoms with E-state index in [1.54, 1.807) is 24.3 Å². The number of carboxylic acid groups (broad SMARTS) is 2. The van der Waals surface area contributed by atoms with Gasteiger partial charge in [0.05, 0.1) is 0 Å². The van der Waals surface area contributed by atoms with E-state index in [-0.39, 0.29) is 6.42 Å². The van der Waals surface area contributed by atoms with Crippen molar-refractivity contribution in [1.82, 2.24) is 5.54 Å². The molecule has 0 radical (unpaired) electrons. The van der Waals surface area contributed by atoms with Crippen LogP contribution in [0.2, 0.25) is 0 Å². The van der Waals surface area contributed by atoms with Crippen molar-refractivity contribution < 1.29 is 24.3 Å². The summed E-state index contributed by atoms with van der Waals surface area (Å²) in [6.45, 7) is 0.604. The van der Waals surface area contributed by atoms with Gasteiger partial charge in [-0.05, 0) is 24.9 Å². The predicted octanol–water partition coefficient (Wildman–Crippen LogP) is 0.684. The second kappa shape index (κ2) is 12.5. The fourth-order valence-electron chi connectivity index (χ4n) is 1.65. The number of rotatable bonds is 9. The molecular weight excluding hydrogens is 305 g/mol. The van der Waals surface area contributed by atoms with Crippen molar-refractivity contribution in [3.63, 3.8) is 0 Å². The number of nitrogens with two attached hydrogens (primary N) is 2. The Morgan fingerprint density at radius 2 is 1.74 bits per heavy atom. The molecule has 0 saturated carbocycles. The Morgan fingerprint density at radius 3 is 2.17 bits per heavy atom. The first kappa shape index (κ1) is 21.0. The van der Waals surface area contributed by atoms with Crippen molar-refractivity contribution in [3.05, 3.63) is 35.9 Å². The van der Waals surface area contributed by atoms with Crippen LogP contribution in [0.1, 0.15) is 24.8 Å². The molecule has 2 unspecified atom stereocenters. The molecule has 1 aromatic carbocycles. The number of halogens is 1. The standard InChI is InChI=1S/C9H10FNO2.C6H14N2O2/c10-11-8(9(12)13)6-7-4-2-1-3-5-7;7-4-2-1-3-5(8)6(9)10/h1-5,8,11H,6H2,(H,12,13);5H,1-4,7-8H2,(H,9,10). The van der Waals surface area contributed by atoms with Gasteiger partial charge in [-0.15, -0.1) is 10.0 Å². The molecule has 0 aliphatic carbocycles. The third-order valence-electron chi connectivity index (χ3n) is 3.00. The van der Waals surface area contributed by atoms with E-state index in [1.165, 1.54) is 5.54 Å². The molecule has 130 valence electrons. The summed E-state index contributed by atoms with van der Waals surface area (Å²) in [5.74, 6) is -2.12. The van der Waals surface area contributed by atoms with Crippen molar-refractivity contribution in [3.8, 4) is 0 Å². The number of carbonyl (C=O) groups is 2. The highest BCUT2D eigenvalue weighted by molar-refractivity contribution is 5.73. The number of hydrogen-bond acceptors (Lipinski definition) is 5. The number of benzene rings is 1. The fraction of sp³-hybridized carbons (Fsp3) is 0.467. The Hall–Kier alpha value is -2.03. The molecule has 0 heterocycles. The van der Waals surface area contributed by atoms with E-state index in [0.29, 0.717) is 13.0 Å². The Bertz CT molecular complexity index is 459. The predicted molar refractivity (Wildman–Crippen MR) is 84.3 cm³/mol. The Balaban J connectivity index is 0.000000438. The Kier molecular flexibility index (Phi) is 11.4. The van der Waals surface area contributed by atoms with Crippen LogP contribution in [0.4, 0.5) is 4.48 Å². The maximum Gasteiger partial charge on any atom is 0.323 e. The number of unbranched alkanes of at least 4 members (excludes halogenated alkanes) is 1. The first-order valence-electron chi connectivity index (χ1n) is 7.23. The first-order chi connectivity index (χ1) is 10.9. The number of carboxylic acids is 2. The smallest absolute Gasteiger partial charge is 0.323 e. The second-order valence-corrected chi connectivity index (χ2v) is 4.92. The fourth-order valence-corrected chi connectivity index (χ4v) is 1.65. The van der Waals surface area contributed by atoms with Crippen molar-refractivity contribution in [2.24, 2.45) is 11.5 Å². The zero-order valence-corrected chi connectivity index (χ0v) is 12.8. The summed E-state index contributed by atoms with van der Waals surface area (Å²) in [5.41, 5.74) is 12.5. The maximum absolute atomic E-state index is 12.0. The van der Waals surface area contributed by atoms with Crippen LogP contribution in [0.15, 0.2) is 30.3 Å². The average Bonchev–Trinajstić information content (AvgIpc) is 2.54. The quantitative estimate of drug-likeness (QED) is 0.332. The number of hydrogen-bond donors (Lipinski definition) is 5. The summed E-state index contributed by atoms with van der Waals surface area (Å²) in [6, 6.07) is 7.02. The van der Waals surface area contributed by atoms with E-state index < -0.39 is 24.0 Å². The molecule has 8 heteroatoms. The minimum absolute atomic E-state index is 0.146. The van der Waals surface area contributed by atoms with Crippen LogP contribution >= 0.6 is 0 Å². The van der Waals surface area contributed by atoms with Crippen molar-refractivity contribution in [1.29, 1.82) is 0 Å². The molecule has 0 saturated heterocycles. The lowest BCUT2D eigenvalue weighted by molar-refractivity contribution is -0.141. The lowest BCUT2D eigenvalue weighted by Crippen LogP contribution is -2.33. The summed E-state index contributed by atoms with van der Waals surface area (Å²) >= 11 is 0. The van der Waals surface area contributed by atoms with Crippen LogP contribution in [0.5, 0.6) is 0 Å². The van der Waals surface area contributed by atoms with Crippen LogP contribution in [-0.4, -0.2) is 40.8 Å². The van der Waals surface area contributed by atoms with Gasteiger partial charge in [-0.2, -0.15) is 0 Å². The van der Waals surface area contributed by atoms with Crippen molar-refractivity contribution in [2.75, 3.05) is 6.54 Å². The van der Waals surface area contributed by atoms with E-state index in [1.807, 2.05) is 6.07 Å². The van der Waals surface area contributed by atoms with E-state index in [4.69, 9.17) is 21.7 Å².